The van der Waals surface area contributed by atoms with Crippen molar-refractivity contribution in [3.8, 4) is 0 Å². The first-order valence-electron chi connectivity index (χ1n) is 7.02. The molecule has 1 aromatic carbocycles. The summed E-state index contributed by atoms with van der Waals surface area (Å²) < 4.78 is 26.5. The number of benzene rings is 1. The zero-order chi connectivity index (χ0) is 17.9. The summed E-state index contributed by atoms with van der Waals surface area (Å²) in [6.07, 6.45) is 1.46. The molecule has 0 unspecified atom stereocenters. The third kappa shape index (κ3) is 4.06. The van der Waals surface area contributed by atoms with Crippen LogP contribution in [-0.4, -0.2) is 44.2 Å². The Kier molecular flexibility index (Phi) is 5.12. The molecule has 0 saturated carbocycles. The van der Waals surface area contributed by atoms with Gasteiger partial charge in [0.25, 0.3) is 0 Å². The number of urea groups is 1. The molecule has 0 aliphatic rings. The molecule has 0 radical (unpaired) electrons. The second-order valence-corrected chi connectivity index (χ2v) is 5.40. The van der Waals surface area contributed by atoms with Gasteiger partial charge in [-0.25, -0.2) is 18.6 Å². The second-order valence-electron chi connectivity index (χ2n) is 5.40. The molecular weight excluding hydrogens is 318 g/mol. The van der Waals surface area contributed by atoms with Crippen LogP contribution in [0.1, 0.15) is 0 Å². The van der Waals surface area contributed by atoms with Crippen molar-refractivity contribution in [3.63, 3.8) is 0 Å². The standard InChI is InChI=1S/C15H18F2N6O/c1-22(2)13-12(8-18-14(21-13)23(3)4)20-15(24)19-11-6-5-9(16)7-10(11)17/h5-8H,1-4H3,(H2,19,20,24). The number of hydrogen-bond acceptors (Lipinski definition) is 5. The quantitative estimate of drug-likeness (QED) is 0.898. The van der Waals surface area contributed by atoms with E-state index in [0.717, 1.165) is 12.1 Å². The Morgan fingerprint density at radius 2 is 1.71 bits per heavy atom. The normalized spacial score (nSPS) is 10.2. The molecule has 0 aliphatic carbocycles. The highest BCUT2D eigenvalue weighted by molar-refractivity contribution is 6.01. The molecule has 9 heteroatoms. The van der Waals surface area contributed by atoms with Gasteiger partial charge >= 0.3 is 6.03 Å². The van der Waals surface area contributed by atoms with Crippen LogP contribution in [0.25, 0.3) is 0 Å². The first-order valence-corrected chi connectivity index (χ1v) is 7.02. The lowest BCUT2D eigenvalue weighted by Crippen LogP contribution is -2.24. The molecule has 1 aromatic heterocycles. The van der Waals surface area contributed by atoms with Gasteiger partial charge in [-0.05, 0) is 12.1 Å². The summed E-state index contributed by atoms with van der Waals surface area (Å²) in [4.78, 5) is 24.0. The molecule has 2 N–H and O–H groups in total. The molecule has 2 aromatic rings. The molecular formula is C15H18F2N6O. The molecule has 2 amide bonds. The zero-order valence-corrected chi connectivity index (χ0v) is 13.8. The number of aromatic nitrogens is 2. The fourth-order valence-corrected chi connectivity index (χ4v) is 1.88. The number of carbonyl (C=O) groups is 1. The van der Waals surface area contributed by atoms with Crippen molar-refractivity contribution in [3.05, 3.63) is 36.0 Å². The summed E-state index contributed by atoms with van der Waals surface area (Å²) in [5, 5.41) is 4.87. The van der Waals surface area contributed by atoms with Crippen molar-refractivity contribution in [1.82, 2.24) is 9.97 Å². The van der Waals surface area contributed by atoms with Crippen LogP contribution in [0.4, 0.5) is 36.7 Å². The van der Waals surface area contributed by atoms with Crippen LogP contribution in [0.5, 0.6) is 0 Å². The molecule has 128 valence electrons. The molecule has 2 rings (SSSR count). The van der Waals surface area contributed by atoms with Gasteiger partial charge in [-0.2, -0.15) is 4.98 Å². The van der Waals surface area contributed by atoms with Crippen LogP contribution in [-0.2, 0) is 0 Å². The van der Waals surface area contributed by atoms with E-state index in [1.807, 2.05) is 0 Å². The predicted molar refractivity (Wildman–Crippen MR) is 89.7 cm³/mol. The largest absolute Gasteiger partial charge is 0.361 e. The van der Waals surface area contributed by atoms with Crippen LogP contribution >= 0.6 is 0 Å². The van der Waals surface area contributed by atoms with Crippen molar-refractivity contribution in [1.29, 1.82) is 0 Å². The average Bonchev–Trinajstić information content (AvgIpc) is 2.50. The van der Waals surface area contributed by atoms with Gasteiger partial charge in [-0.1, -0.05) is 0 Å². The van der Waals surface area contributed by atoms with E-state index in [1.54, 1.807) is 38.0 Å². The van der Waals surface area contributed by atoms with Gasteiger partial charge < -0.3 is 20.4 Å². The van der Waals surface area contributed by atoms with E-state index in [4.69, 9.17) is 0 Å². The van der Waals surface area contributed by atoms with Crippen molar-refractivity contribution >= 4 is 29.2 Å². The van der Waals surface area contributed by atoms with E-state index in [9.17, 15) is 13.6 Å². The van der Waals surface area contributed by atoms with Crippen molar-refractivity contribution in [2.75, 3.05) is 48.6 Å². The molecule has 0 aliphatic heterocycles. The molecule has 1 heterocycles. The zero-order valence-electron chi connectivity index (χ0n) is 13.8. The number of rotatable bonds is 4. The lowest BCUT2D eigenvalue weighted by molar-refractivity contribution is 0.262. The summed E-state index contributed by atoms with van der Waals surface area (Å²) in [5.74, 6) is -0.615. The van der Waals surface area contributed by atoms with Crippen molar-refractivity contribution in [2.45, 2.75) is 0 Å². The Balaban J connectivity index is 2.19. The van der Waals surface area contributed by atoms with E-state index in [1.165, 1.54) is 6.20 Å². The van der Waals surface area contributed by atoms with Crippen LogP contribution in [0.3, 0.4) is 0 Å². The Morgan fingerprint density at radius 3 is 2.29 bits per heavy atom. The second kappa shape index (κ2) is 7.07. The highest BCUT2D eigenvalue weighted by atomic mass is 19.1. The van der Waals surface area contributed by atoms with Gasteiger partial charge in [0, 0.05) is 34.3 Å². The molecule has 0 bridgehead atoms. The van der Waals surface area contributed by atoms with Gasteiger partial charge in [0.1, 0.15) is 17.3 Å². The molecule has 7 nitrogen and oxygen atoms in total. The van der Waals surface area contributed by atoms with E-state index in [0.29, 0.717) is 23.5 Å². The summed E-state index contributed by atoms with van der Waals surface area (Å²) >= 11 is 0. The molecule has 0 fully saturated rings. The van der Waals surface area contributed by atoms with Crippen molar-refractivity contribution in [2.24, 2.45) is 0 Å². The van der Waals surface area contributed by atoms with E-state index in [2.05, 4.69) is 20.6 Å². The smallest absolute Gasteiger partial charge is 0.323 e. The minimum absolute atomic E-state index is 0.133. The summed E-state index contributed by atoms with van der Waals surface area (Å²) in [5.41, 5.74) is 0.219. The Hall–Kier alpha value is -2.97. The number of nitrogens with zero attached hydrogens (tertiary/aromatic N) is 4. The maximum Gasteiger partial charge on any atom is 0.323 e. The summed E-state index contributed by atoms with van der Waals surface area (Å²) in [6, 6.07) is 2.20. The van der Waals surface area contributed by atoms with Gasteiger partial charge in [0.2, 0.25) is 5.95 Å². The van der Waals surface area contributed by atoms with Crippen molar-refractivity contribution < 1.29 is 13.6 Å². The number of hydrogen-bond donors (Lipinski definition) is 2. The highest BCUT2D eigenvalue weighted by Gasteiger charge is 2.14. The molecule has 0 atom stereocenters. The summed E-state index contributed by atoms with van der Waals surface area (Å²) in [7, 11) is 7.13. The SMILES string of the molecule is CN(C)c1ncc(NC(=O)Nc2ccc(F)cc2F)c(N(C)C)n1. The fraction of sp³-hybridized carbons (Fsp3) is 0.267. The molecule has 0 saturated heterocycles. The fourth-order valence-electron chi connectivity index (χ4n) is 1.88. The first-order chi connectivity index (χ1) is 11.3. The average molecular weight is 336 g/mol. The predicted octanol–water partition coefficient (Wildman–Crippen LogP) is 2.53. The maximum absolute atomic E-state index is 13.6. The lowest BCUT2D eigenvalue weighted by Gasteiger charge is -2.19. The third-order valence-electron chi connectivity index (χ3n) is 3.01. The molecule has 24 heavy (non-hydrogen) atoms. The van der Waals surface area contributed by atoms with Gasteiger partial charge in [0.15, 0.2) is 5.82 Å². The van der Waals surface area contributed by atoms with E-state index in [-0.39, 0.29) is 5.69 Å². The van der Waals surface area contributed by atoms with E-state index < -0.39 is 17.7 Å². The van der Waals surface area contributed by atoms with Gasteiger partial charge in [-0.3, -0.25) is 0 Å². The molecule has 0 spiro atoms. The van der Waals surface area contributed by atoms with Gasteiger partial charge in [0.05, 0.1) is 11.9 Å². The number of halogens is 2. The minimum atomic E-state index is -0.864. The van der Waals surface area contributed by atoms with E-state index >= 15 is 0 Å². The van der Waals surface area contributed by atoms with Gasteiger partial charge in [-0.15, -0.1) is 0 Å². The van der Waals surface area contributed by atoms with Crippen LogP contribution in [0.15, 0.2) is 24.4 Å². The Bertz CT molecular complexity index is 751. The first kappa shape index (κ1) is 17.4. The number of carbonyl (C=O) groups excluding carboxylic acids is 1. The highest BCUT2D eigenvalue weighted by Crippen LogP contribution is 2.23. The van der Waals surface area contributed by atoms with Crippen LogP contribution in [0.2, 0.25) is 0 Å². The Morgan fingerprint density at radius 1 is 1.04 bits per heavy atom. The lowest BCUT2D eigenvalue weighted by atomic mass is 10.3. The number of anilines is 4. The van der Waals surface area contributed by atoms with Crippen LogP contribution in [0, 0.1) is 11.6 Å². The number of amides is 2. The topological polar surface area (TPSA) is 73.4 Å². The Labute approximate surface area is 138 Å². The monoisotopic (exact) mass is 336 g/mol. The number of nitrogens with one attached hydrogen (secondary N) is 2. The maximum atomic E-state index is 13.6. The minimum Gasteiger partial charge on any atom is -0.361 e. The summed E-state index contributed by atoms with van der Waals surface area (Å²) in [6.45, 7) is 0. The third-order valence-corrected chi connectivity index (χ3v) is 3.01. The van der Waals surface area contributed by atoms with Crippen LogP contribution < -0.4 is 20.4 Å².